The Morgan fingerprint density at radius 3 is 1.41 bits per heavy atom. The van der Waals surface area contributed by atoms with Crippen LogP contribution in [0.3, 0.4) is 0 Å². The molecule has 118 valence electrons. The lowest BCUT2D eigenvalue weighted by atomic mass is 10.3. The van der Waals surface area contributed by atoms with Gasteiger partial charge < -0.3 is 19.8 Å². The Morgan fingerprint density at radius 1 is 0.682 bits per heavy atom. The topological polar surface area (TPSA) is 68.1 Å². The number of carbonyl (C=O) groups is 2. The van der Waals surface area contributed by atoms with Crippen molar-refractivity contribution >= 4 is 11.8 Å². The third kappa shape index (κ3) is 5.87. The van der Waals surface area contributed by atoms with Crippen LogP contribution in [0, 0.1) is 0 Å². The number of carbonyl (C=O) groups excluding carboxylic acids is 2. The van der Waals surface area contributed by atoms with Gasteiger partial charge in [0.05, 0.1) is 0 Å². The van der Waals surface area contributed by atoms with Crippen LogP contribution in [0.4, 0.5) is 0 Å². The molecule has 0 saturated heterocycles. The first kappa shape index (κ1) is 15.9. The van der Waals surface area contributed by atoms with Crippen molar-refractivity contribution in [1.29, 1.82) is 0 Å². The van der Waals surface area contributed by atoms with Gasteiger partial charge in [-0.1, -0.05) is 0 Å². The fourth-order valence-electron chi connectivity index (χ4n) is 2.09. The number of hydrogen-bond donors (Lipinski definition) is 2. The number of amides is 2. The summed E-state index contributed by atoms with van der Waals surface area (Å²) in [7, 11) is 0. The van der Waals surface area contributed by atoms with Crippen LogP contribution in [-0.2, 0) is 22.7 Å². The Kier molecular flexibility index (Phi) is 6.29. The molecule has 0 aliphatic rings. The van der Waals surface area contributed by atoms with Crippen molar-refractivity contribution in [2.24, 2.45) is 0 Å². The molecule has 22 heavy (non-hydrogen) atoms. The van der Waals surface area contributed by atoms with Crippen molar-refractivity contribution in [3.05, 3.63) is 49.1 Å². The molecule has 2 heterocycles. The maximum absolute atomic E-state index is 11.6. The van der Waals surface area contributed by atoms with Crippen LogP contribution in [0.25, 0.3) is 0 Å². The van der Waals surface area contributed by atoms with Crippen molar-refractivity contribution in [2.45, 2.75) is 25.9 Å². The fourth-order valence-corrected chi connectivity index (χ4v) is 2.09. The third-order valence-corrected chi connectivity index (χ3v) is 3.30. The van der Waals surface area contributed by atoms with E-state index in [1.54, 1.807) is 0 Å². The van der Waals surface area contributed by atoms with Gasteiger partial charge in [0.15, 0.2) is 0 Å². The summed E-state index contributed by atoms with van der Waals surface area (Å²) in [4.78, 5) is 23.3. The van der Waals surface area contributed by atoms with Gasteiger partial charge in [-0.2, -0.15) is 0 Å². The SMILES string of the molecule is O=C(CCC(=O)NCCn1cccc1)NCCn1cccc1. The maximum Gasteiger partial charge on any atom is 0.220 e. The Hall–Kier alpha value is -2.50. The molecule has 2 aromatic rings. The second-order valence-electron chi connectivity index (χ2n) is 5.04. The van der Waals surface area contributed by atoms with E-state index in [2.05, 4.69) is 10.6 Å². The molecule has 2 rings (SSSR count). The maximum atomic E-state index is 11.6. The van der Waals surface area contributed by atoms with Gasteiger partial charge in [-0.15, -0.1) is 0 Å². The van der Waals surface area contributed by atoms with E-state index in [9.17, 15) is 9.59 Å². The second-order valence-corrected chi connectivity index (χ2v) is 5.04. The summed E-state index contributed by atoms with van der Waals surface area (Å²) < 4.78 is 3.99. The van der Waals surface area contributed by atoms with Crippen LogP contribution >= 0.6 is 0 Å². The van der Waals surface area contributed by atoms with E-state index in [-0.39, 0.29) is 24.7 Å². The van der Waals surface area contributed by atoms with Crippen molar-refractivity contribution in [3.8, 4) is 0 Å². The van der Waals surface area contributed by atoms with Gasteiger partial charge >= 0.3 is 0 Å². The van der Waals surface area contributed by atoms with Crippen molar-refractivity contribution in [1.82, 2.24) is 19.8 Å². The van der Waals surface area contributed by atoms with Crippen LogP contribution in [0.15, 0.2) is 49.1 Å². The molecule has 0 saturated carbocycles. The molecule has 0 spiro atoms. The van der Waals surface area contributed by atoms with E-state index in [1.165, 1.54) is 0 Å². The quantitative estimate of drug-likeness (QED) is 0.726. The average molecular weight is 302 g/mol. The van der Waals surface area contributed by atoms with Gasteiger partial charge in [0, 0.05) is 63.8 Å². The van der Waals surface area contributed by atoms with Gasteiger partial charge in [-0.05, 0) is 24.3 Å². The van der Waals surface area contributed by atoms with E-state index in [0.29, 0.717) is 13.1 Å². The lowest BCUT2D eigenvalue weighted by Gasteiger charge is -2.07. The van der Waals surface area contributed by atoms with E-state index < -0.39 is 0 Å². The van der Waals surface area contributed by atoms with E-state index in [0.717, 1.165) is 13.1 Å². The molecule has 2 aromatic heterocycles. The van der Waals surface area contributed by atoms with Crippen molar-refractivity contribution in [3.63, 3.8) is 0 Å². The minimum absolute atomic E-state index is 0.0901. The van der Waals surface area contributed by atoms with Gasteiger partial charge in [0.2, 0.25) is 11.8 Å². The molecule has 0 unspecified atom stereocenters. The van der Waals surface area contributed by atoms with Crippen LogP contribution in [0.1, 0.15) is 12.8 Å². The van der Waals surface area contributed by atoms with Crippen LogP contribution in [0.2, 0.25) is 0 Å². The van der Waals surface area contributed by atoms with E-state index >= 15 is 0 Å². The molecule has 0 radical (unpaired) electrons. The Labute approximate surface area is 130 Å². The predicted molar refractivity (Wildman–Crippen MR) is 84.1 cm³/mol. The highest BCUT2D eigenvalue weighted by Gasteiger charge is 2.06. The Morgan fingerprint density at radius 2 is 1.05 bits per heavy atom. The zero-order valence-electron chi connectivity index (χ0n) is 12.6. The molecule has 0 aliphatic carbocycles. The Balaban J connectivity index is 1.50. The summed E-state index contributed by atoms with van der Waals surface area (Å²) in [6, 6.07) is 7.78. The van der Waals surface area contributed by atoms with Crippen LogP contribution < -0.4 is 10.6 Å². The predicted octanol–water partition coefficient (Wildman–Crippen LogP) is 1.00. The summed E-state index contributed by atoms with van der Waals surface area (Å²) in [5, 5.41) is 5.62. The van der Waals surface area contributed by atoms with Crippen molar-refractivity contribution in [2.75, 3.05) is 13.1 Å². The van der Waals surface area contributed by atoms with Crippen LogP contribution in [0.5, 0.6) is 0 Å². The minimum Gasteiger partial charge on any atom is -0.354 e. The Bertz CT molecular complexity index is 509. The molecule has 6 heteroatoms. The molecule has 0 atom stereocenters. The van der Waals surface area contributed by atoms with E-state index in [1.807, 2.05) is 58.2 Å². The molecule has 2 N–H and O–H groups in total. The van der Waals surface area contributed by atoms with Gasteiger partial charge in [-0.3, -0.25) is 9.59 Å². The lowest BCUT2D eigenvalue weighted by Crippen LogP contribution is -2.30. The third-order valence-electron chi connectivity index (χ3n) is 3.30. The summed E-state index contributed by atoms with van der Waals surface area (Å²) in [6.07, 6.45) is 8.24. The molecular formula is C16H22N4O2. The number of nitrogens with zero attached hydrogens (tertiary/aromatic N) is 2. The first-order valence-electron chi connectivity index (χ1n) is 7.49. The zero-order valence-corrected chi connectivity index (χ0v) is 12.6. The lowest BCUT2D eigenvalue weighted by molar-refractivity contribution is -0.126. The molecule has 0 aliphatic heterocycles. The molecule has 0 fully saturated rings. The van der Waals surface area contributed by atoms with Gasteiger partial charge in [0.1, 0.15) is 0 Å². The second kappa shape index (κ2) is 8.71. The highest BCUT2D eigenvalue weighted by Crippen LogP contribution is 1.92. The first-order valence-corrected chi connectivity index (χ1v) is 7.49. The summed E-state index contributed by atoms with van der Waals surface area (Å²) in [5.41, 5.74) is 0. The summed E-state index contributed by atoms with van der Waals surface area (Å²) in [5.74, 6) is -0.180. The first-order chi connectivity index (χ1) is 10.7. The number of nitrogens with one attached hydrogen (secondary N) is 2. The fraction of sp³-hybridized carbons (Fsp3) is 0.375. The summed E-state index contributed by atoms with van der Waals surface area (Å²) in [6.45, 7) is 2.62. The standard InChI is InChI=1S/C16H22N4O2/c21-15(17-7-13-19-9-1-2-10-19)5-6-16(22)18-8-14-20-11-3-4-12-20/h1-4,9-12H,5-8,13-14H2,(H,17,21)(H,18,22). The monoisotopic (exact) mass is 302 g/mol. The van der Waals surface area contributed by atoms with E-state index in [4.69, 9.17) is 0 Å². The smallest absolute Gasteiger partial charge is 0.220 e. The highest BCUT2D eigenvalue weighted by molar-refractivity contribution is 5.83. The summed E-state index contributed by atoms with van der Waals surface area (Å²) >= 11 is 0. The molecule has 6 nitrogen and oxygen atoms in total. The minimum atomic E-state index is -0.0901. The average Bonchev–Trinajstić information content (AvgIpc) is 3.18. The molecular weight excluding hydrogens is 280 g/mol. The molecule has 2 amide bonds. The normalized spacial score (nSPS) is 10.4. The number of hydrogen-bond acceptors (Lipinski definition) is 2. The molecule has 0 aromatic carbocycles. The van der Waals surface area contributed by atoms with Gasteiger partial charge in [-0.25, -0.2) is 0 Å². The number of rotatable bonds is 9. The molecule has 0 bridgehead atoms. The largest absolute Gasteiger partial charge is 0.354 e. The van der Waals surface area contributed by atoms with Gasteiger partial charge in [0.25, 0.3) is 0 Å². The highest BCUT2D eigenvalue weighted by atomic mass is 16.2. The number of aromatic nitrogens is 2. The van der Waals surface area contributed by atoms with Crippen LogP contribution in [-0.4, -0.2) is 34.0 Å². The van der Waals surface area contributed by atoms with Crippen molar-refractivity contribution < 1.29 is 9.59 Å². The zero-order chi connectivity index (χ0) is 15.6.